The number of hydrogen-bond acceptors (Lipinski definition) is 4. The second-order valence-electron chi connectivity index (χ2n) is 4.65. The van der Waals surface area contributed by atoms with Gasteiger partial charge in [-0.3, -0.25) is 10.1 Å². The lowest BCUT2D eigenvalue weighted by atomic mass is 9.82. The normalized spacial score (nSPS) is 22.9. The molecule has 1 aliphatic rings. The zero-order valence-corrected chi connectivity index (χ0v) is 9.74. The average Bonchev–Trinajstić information content (AvgIpc) is 2.27. The van der Waals surface area contributed by atoms with Crippen LogP contribution in [-0.4, -0.2) is 29.7 Å². The van der Waals surface area contributed by atoms with Crippen LogP contribution < -0.4 is 4.90 Å². The maximum atomic E-state index is 10.7. The third-order valence-corrected chi connectivity index (χ3v) is 3.22. The second-order valence-corrected chi connectivity index (χ2v) is 4.65. The molecule has 0 unspecified atom stereocenters. The van der Waals surface area contributed by atoms with E-state index in [4.69, 9.17) is 0 Å². The van der Waals surface area contributed by atoms with Crippen LogP contribution in [0.15, 0.2) is 24.3 Å². The van der Waals surface area contributed by atoms with Crippen molar-refractivity contribution in [2.75, 3.05) is 18.5 Å². The number of nitro benzene ring substituents is 1. The minimum absolute atomic E-state index is 0.114. The van der Waals surface area contributed by atoms with Gasteiger partial charge in [0.25, 0.3) is 5.69 Å². The quantitative estimate of drug-likeness (QED) is 0.639. The number of anilines is 1. The lowest BCUT2D eigenvalue weighted by Gasteiger charge is -2.35. The molecule has 1 saturated carbocycles. The Morgan fingerprint density at radius 2 is 2.24 bits per heavy atom. The van der Waals surface area contributed by atoms with E-state index in [-0.39, 0.29) is 16.7 Å². The van der Waals surface area contributed by atoms with Crippen LogP contribution in [0.25, 0.3) is 0 Å². The first-order valence-corrected chi connectivity index (χ1v) is 5.70. The number of nitrogens with zero attached hydrogens (tertiary/aromatic N) is 2. The number of rotatable bonds is 4. The Bertz CT molecular complexity index is 416. The van der Waals surface area contributed by atoms with E-state index >= 15 is 0 Å². The Balaban J connectivity index is 2.00. The lowest BCUT2D eigenvalue weighted by molar-refractivity contribution is -0.384. The minimum atomic E-state index is -0.384. The van der Waals surface area contributed by atoms with Crippen molar-refractivity contribution in [3.05, 3.63) is 34.4 Å². The monoisotopic (exact) mass is 236 g/mol. The summed E-state index contributed by atoms with van der Waals surface area (Å²) in [5.74, 6) is 0.495. The first kappa shape index (κ1) is 11.9. The Labute approximate surface area is 99.8 Å². The Kier molecular flexibility index (Phi) is 3.28. The molecule has 0 radical (unpaired) electrons. The third kappa shape index (κ3) is 2.74. The summed E-state index contributed by atoms with van der Waals surface area (Å²) in [6, 6.07) is 6.63. The molecule has 0 spiro atoms. The molecule has 5 nitrogen and oxygen atoms in total. The summed E-state index contributed by atoms with van der Waals surface area (Å²) in [5, 5.41) is 19.9. The number of nitro groups is 1. The molecule has 1 aromatic rings. The minimum Gasteiger partial charge on any atom is -0.393 e. The van der Waals surface area contributed by atoms with Gasteiger partial charge in [-0.2, -0.15) is 0 Å². The molecule has 0 aromatic heterocycles. The van der Waals surface area contributed by atoms with Gasteiger partial charge in [0, 0.05) is 31.4 Å². The van der Waals surface area contributed by atoms with Gasteiger partial charge in [0.1, 0.15) is 0 Å². The fraction of sp³-hybridized carbons (Fsp3) is 0.500. The van der Waals surface area contributed by atoms with Crippen LogP contribution in [0, 0.1) is 16.0 Å². The molecule has 2 rings (SSSR count). The van der Waals surface area contributed by atoms with Gasteiger partial charge in [-0.25, -0.2) is 0 Å². The summed E-state index contributed by atoms with van der Waals surface area (Å²) in [6.07, 6.45) is 1.51. The SMILES string of the molecule is CN(CC1CC(O)C1)c1cccc([N+](=O)[O-])c1. The second kappa shape index (κ2) is 4.71. The van der Waals surface area contributed by atoms with Crippen molar-refractivity contribution in [3.63, 3.8) is 0 Å². The molecular weight excluding hydrogens is 220 g/mol. The van der Waals surface area contributed by atoms with Crippen molar-refractivity contribution in [3.8, 4) is 0 Å². The fourth-order valence-electron chi connectivity index (χ4n) is 2.19. The maximum absolute atomic E-state index is 10.7. The van der Waals surface area contributed by atoms with Crippen molar-refractivity contribution in [2.24, 2.45) is 5.92 Å². The molecule has 0 amide bonds. The molecule has 1 aromatic carbocycles. The summed E-state index contributed by atoms with van der Waals surface area (Å²) in [7, 11) is 1.92. The van der Waals surface area contributed by atoms with Gasteiger partial charge in [0.2, 0.25) is 0 Å². The summed E-state index contributed by atoms with van der Waals surface area (Å²) in [4.78, 5) is 12.3. The van der Waals surface area contributed by atoms with E-state index in [9.17, 15) is 15.2 Å². The van der Waals surface area contributed by atoms with Gasteiger partial charge < -0.3 is 10.0 Å². The molecule has 92 valence electrons. The van der Waals surface area contributed by atoms with Crippen LogP contribution in [-0.2, 0) is 0 Å². The molecule has 17 heavy (non-hydrogen) atoms. The van der Waals surface area contributed by atoms with Crippen LogP contribution in [0.2, 0.25) is 0 Å². The largest absolute Gasteiger partial charge is 0.393 e. The Morgan fingerprint density at radius 3 is 2.82 bits per heavy atom. The molecular formula is C12H16N2O3. The predicted molar refractivity (Wildman–Crippen MR) is 65.1 cm³/mol. The van der Waals surface area contributed by atoms with E-state index in [0.29, 0.717) is 5.92 Å². The molecule has 0 bridgehead atoms. The van der Waals surface area contributed by atoms with Crippen molar-refractivity contribution < 1.29 is 10.0 Å². The molecule has 0 aliphatic heterocycles. The highest BCUT2D eigenvalue weighted by atomic mass is 16.6. The molecule has 0 saturated heterocycles. The molecule has 0 heterocycles. The van der Waals surface area contributed by atoms with E-state index in [1.165, 1.54) is 6.07 Å². The fourth-order valence-corrected chi connectivity index (χ4v) is 2.19. The number of aliphatic hydroxyl groups is 1. The zero-order chi connectivity index (χ0) is 12.4. The van der Waals surface area contributed by atoms with E-state index in [2.05, 4.69) is 0 Å². The van der Waals surface area contributed by atoms with Crippen LogP contribution >= 0.6 is 0 Å². The van der Waals surface area contributed by atoms with Gasteiger partial charge in [0.15, 0.2) is 0 Å². The highest BCUT2D eigenvalue weighted by molar-refractivity contribution is 5.52. The lowest BCUT2D eigenvalue weighted by Crippen LogP contribution is -2.37. The summed E-state index contributed by atoms with van der Waals surface area (Å²) >= 11 is 0. The molecule has 0 atom stereocenters. The first-order chi connectivity index (χ1) is 8.06. The standard InChI is InChI=1S/C12H16N2O3/c1-13(8-9-5-12(15)6-9)10-3-2-4-11(7-10)14(16)17/h2-4,7,9,12,15H,5-6,8H2,1H3. The Morgan fingerprint density at radius 1 is 1.53 bits per heavy atom. The van der Waals surface area contributed by atoms with Gasteiger partial charge in [-0.1, -0.05) is 6.07 Å². The van der Waals surface area contributed by atoms with Gasteiger partial charge >= 0.3 is 0 Å². The van der Waals surface area contributed by atoms with Crippen molar-refractivity contribution in [1.82, 2.24) is 0 Å². The highest BCUT2D eigenvalue weighted by Gasteiger charge is 2.28. The molecule has 1 fully saturated rings. The van der Waals surface area contributed by atoms with Crippen molar-refractivity contribution >= 4 is 11.4 Å². The number of benzene rings is 1. The number of aliphatic hydroxyl groups excluding tert-OH is 1. The number of hydrogen-bond donors (Lipinski definition) is 1. The van der Waals surface area contributed by atoms with Gasteiger partial charge in [-0.15, -0.1) is 0 Å². The highest BCUT2D eigenvalue weighted by Crippen LogP contribution is 2.29. The summed E-state index contributed by atoms with van der Waals surface area (Å²) < 4.78 is 0. The van der Waals surface area contributed by atoms with Crippen LogP contribution in [0.5, 0.6) is 0 Å². The van der Waals surface area contributed by atoms with Crippen molar-refractivity contribution in [1.29, 1.82) is 0 Å². The zero-order valence-electron chi connectivity index (χ0n) is 9.74. The van der Waals surface area contributed by atoms with Gasteiger partial charge in [-0.05, 0) is 24.8 Å². The number of non-ortho nitro benzene ring substituents is 1. The summed E-state index contributed by atoms with van der Waals surface area (Å²) in [6.45, 7) is 0.832. The van der Waals surface area contributed by atoms with E-state index in [1.54, 1.807) is 12.1 Å². The van der Waals surface area contributed by atoms with Gasteiger partial charge in [0.05, 0.1) is 11.0 Å². The van der Waals surface area contributed by atoms with Crippen LogP contribution in [0.4, 0.5) is 11.4 Å². The van der Waals surface area contributed by atoms with E-state index in [1.807, 2.05) is 18.0 Å². The Hall–Kier alpha value is -1.62. The third-order valence-electron chi connectivity index (χ3n) is 3.22. The van der Waals surface area contributed by atoms with E-state index in [0.717, 1.165) is 25.1 Å². The van der Waals surface area contributed by atoms with Crippen LogP contribution in [0.1, 0.15) is 12.8 Å². The maximum Gasteiger partial charge on any atom is 0.271 e. The predicted octanol–water partition coefficient (Wildman–Crippen LogP) is 1.80. The first-order valence-electron chi connectivity index (χ1n) is 5.70. The van der Waals surface area contributed by atoms with Crippen molar-refractivity contribution in [2.45, 2.75) is 18.9 Å². The van der Waals surface area contributed by atoms with E-state index < -0.39 is 0 Å². The van der Waals surface area contributed by atoms with Crippen LogP contribution in [0.3, 0.4) is 0 Å². The summed E-state index contributed by atoms with van der Waals surface area (Å²) in [5.41, 5.74) is 0.962. The molecule has 5 heteroatoms. The topological polar surface area (TPSA) is 66.6 Å². The molecule has 1 N–H and O–H groups in total. The smallest absolute Gasteiger partial charge is 0.271 e. The average molecular weight is 236 g/mol. The molecule has 1 aliphatic carbocycles.